The molecule has 0 spiro atoms. The Bertz CT molecular complexity index is 1010. The predicted molar refractivity (Wildman–Crippen MR) is 95.6 cm³/mol. The van der Waals surface area contributed by atoms with Crippen LogP contribution in [0.4, 0.5) is 4.39 Å². The lowest BCUT2D eigenvalue weighted by molar-refractivity contribution is 0.522. The first-order chi connectivity index (χ1) is 12.2. The van der Waals surface area contributed by atoms with Crippen molar-refractivity contribution >= 4 is 19.7 Å². The normalized spacial score (nSPS) is 22.4. The number of pyridine rings is 1. The molecule has 2 heterocycles. The molecule has 1 aromatic carbocycles. The number of nitrogens with zero attached hydrogens (tertiary/aromatic N) is 1. The molecule has 0 bridgehead atoms. The van der Waals surface area contributed by atoms with Crippen LogP contribution >= 0.6 is 0 Å². The number of halogens is 1. The van der Waals surface area contributed by atoms with Crippen LogP contribution in [0.5, 0.6) is 0 Å². The highest BCUT2D eigenvalue weighted by Crippen LogP contribution is 2.27. The molecule has 0 aliphatic carbocycles. The Morgan fingerprint density at radius 2 is 2.00 bits per heavy atom. The molecule has 0 saturated carbocycles. The molecule has 140 valence electrons. The maximum Gasteiger partial charge on any atom is 0.183 e. The van der Waals surface area contributed by atoms with Gasteiger partial charge in [0.1, 0.15) is 5.82 Å². The van der Waals surface area contributed by atoms with Gasteiger partial charge in [-0.25, -0.2) is 21.2 Å². The molecule has 2 aromatic rings. The highest BCUT2D eigenvalue weighted by atomic mass is 32.2. The van der Waals surface area contributed by atoms with Crippen LogP contribution in [-0.4, -0.2) is 44.6 Å². The summed E-state index contributed by atoms with van der Waals surface area (Å²) < 4.78 is 63.6. The summed E-state index contributed by atoms with van der Waals surface area (Å²) in [5.41, 5.74) is 0.885. The van der Waals surface area contributed by atoms with Gasteiger partial charge in [0.15, 0.2) is 19.7 Å². The van der Waals surface area contributed by atoms with Gasteiger partial charge in [-0.15, -0.1) is 0 Å². The zero-order chi connectivity index (χ0) is 18.9. The maximum absolute atomic E-state index is 13.5. The van der Waals surface area contributed by atoms with Crippen molar-refractivity contribution in [2.45, 2.75) is 29.7 Å². The third kappa shape index (κ3) is 3.94. The average Bonchev–Trinajstić information content (AvgIpc) is 2.92. The van der Waals surface area contributed by atoms with Crippen LogP contribution in [0.15, 0.2) is 47.5 Å². The van der Waals surface area contributed by atoms with Gasteiger partial charge in [-0.2, -0.15) is 0 Å². The topological polar surface area (TPSA) is 93.2 Å². The Balaban J connectivity index is 1.88. The first-order valence-corrected chi connectivity index (χ1v) is 11.4. The van der Waals surface area contributed by atoms with E-state index in [-0.39, 0.29) is 22.8 Å². The van der Waals surface area contributed by atoms with E-state index in [1.165, 1.54) is 19.1 Å². The standard InChI is InChI=1S/C17H19FN2O4S2/c1-12-8-14(5-6-15(12)18)26(23,24)17-11-25(21,22)10-16(17)20-9-13-4-2-3-7-19-13/h2-8,16-17,20H,9-11H2,1H3/t16-,17-/m0/s1. The van der Waals surface area contributed by atoms with Crippen molar-refractivity contribution in [1.29, 1.82) is 0 Å². The van der Waals surface area contributed by atoms with Crippen molar-refractivity contribution in [3.8, 4) is 0 Å². The van der Waals surface area contributed by atoms with Crippen molar-refractivity contribution in [1.82, 2.24) is 10.3 Å². The molecule has 26 heavy (non-hydrogen) atoms. The van der Waals surface area contributed by atoms with Crippen LogP contribution in [0.3, 0.4) is 0 Å². The first-order valence-electron chi connectivity index (χ1n) is 8.03. The van der Waals surface area contributed by atoms with Gasteiger partial charge in [-0.05, 0) is 42.8 Å². The van der Waals surface area contributed by atoms with E-state index in [2.05, 4.69) is 10.3 Å². The maximum atomic E-state index is 13.5. The second-order valence-electron chi connectivity index (χ2n) is 6.38. The summed E-state index contributed by atoms with van der Waals surface area (Å²) in [6.45, 7) is 1.73. The molecule has 1 aliphatic heterocycles. The van der Waals surface area contributed by atoms with Crippen molar-refractivity contribution in [2.75, 3.05) is 11.5 Å². The minimum atomic E-state index is -3.93. The molecule has 0 radical (unpaired) electrons. The van der Waals surface area contributed by atoms with E-state index >= 15 is 0 Å². The van der Waals surface area contributed by atoms with Crippen LogP contribution in [0.25, 0.3) is 0 Å². The van der Waals surface area contributed by atoms with E-state index in [9.17, 15) is 21.2 Å². The third-order valence-corrected chi connectivity index (χ3v) is 8.58. The monoisotopic (exact) mass is 398 g/mol. The largest absolute Gasteiger partial charge is 0.306 e. The minimum Gasteiger partial charge on any atom is -0.306 e. The predicted octanol–water partition coefficient (Wildman–Crippen LogP) is 1.26. The molecule has 1 saturated heterocycles. The molecule has 1 aromatic heterocycles. The summed E-state index contributed by atoms with van der Waals surface area (Å²) in [5.74, 6) is -1.22. The SMILES string of the molecule is Cc1cc(S(=O)(=O)[C@H]2CS(=O)(=O)C[C@@H]2NCc2ccccn2)ccc1F. The molecule has 9 heteroatoms. The van der Waals surface area contributed by atoms with Gasteiger partial charge in [0.2, 0.25) is 0 Å². The second kappa shape index (κ2) is 7.05. The van der Waals surface area contributed by atoms with E-state index in [0.29, 0.717) is 5.69 Å². The number of aromatic nitrogens is 1. The molecule has 1 N–H and O–H groups in total. The zero-order valence-electron chi connectivity index (χ0n) is 14.1. The molecule has 6 nitrogen and oxygen atoms in total. The van der Waals surface area contributed by atoms with Crippen molar-refractivity contribution in [3.05, 3.63) is 59.7 Å². The molecule has 0 amide bonds. The number of sulfone groups is 2. The summed E-state index contributed by atoms with van der Waals surface area (Å²) in [4.78, 5) is 4.07. The summed E-state index contributed by atoms with van der Waals surface area (Å²) >= 11 is 0. The minimum absolute atomic E-state index is 0.0665. The zero-order valence-corrected chi connectivity index (χ0v) is 15.7. The van der Waals surface area contributed by atoms with Gasteiger partial charge in [0, 0.05) is 18.8 Å². The van der Waals surface area contributed by atoms with Crippen LogP contribution in [0, 0.1) is 12.7 Å². The number of hydrogen-bond donors (Lipinski definition) is 1. The highest BCUT2D eigenvalue weighted by Gasteiger charge is 2.45. The van der Waals surface area contributed by atoms with E-state index in [1.807, 2.05) is 0 Å². The fourth-order valence-corrected chi connectivity index (χ4v) is 7.82. The number of hydrogen-bond acceptors (Lipinski definition) is 6. The van der Waals surface area contributed by atoms with Gasteiger partial charge >= 0.3 is 0 Å². The third-order valence-electron chi connectivity index (χ3n) is 4.43. The Morgan fingerprint density at radius 3 is 2.65 bits per heavy atom. The Hall–Kier alpha value is -1.84. The van der Waals surface area contributed by atoms with Gasteiger partial charge in [0.05, 0.1) is 27.3 Å². The van der Waals surface area contributed by atoms with Gasteiger partial charge in [-0.3, -0.25) is 4.98 Å². The molecule has 3 rings (SSSR count). The van der Waals surface area contributed by atoms with Crippen molar-refractivity contribution in [2.24, 2.45) is 0 Å². The summed E-state index contributed by atoms with van der Waals surface area (Å²) in [7, 11) is -7.43. The number of aryl methyl sites for hydroxylation is 1. The molecular weight excluding hydrogens is 379 g/mol. The van der Waals surface area contributed by atoms with Gasteiger partial charge in [-0.1, -0.05) is 6.07 Å². The van der Waals surface area contributed by atoms with Gasteiger partial charge in [0.25, 0.3) is 0 Å². The lowest BCUT2D eigenvalue weighted by Crippen LogP contribution is -2.43. The highest BCUT2D eigenvalue weighted by molar-refractivity contribution is 7.96. The molecule has 0 unspecified atom stereocenters. The summed E-state index contributed by atoms with van der Waals surface area (Å²) in [6.07, 6.45) is 1.61. The number of nitrogens with one attached hydrogen (secondary N) is 1. The van der Waals surface area contributed by atoms with Crippen molar-refractivity contribution < 1.29 is 21.2 Å². The fraction of sp³-hybridized carbons (Fsp3) is 0.353. The molecule has 1 fully saturated rings. The van der Waals surface area contributed by atoms with Crippen LogP contribution in [0.2, 0.25) is 0 Å². The Morgan fingerprint density at radius 1 is 1.23 bits per heavy atom. The summed E-state index contributed by atoms with van der Waals surface area (Å²) in [5, 5.41) is 1.89. The molecule has 1 aliphatic rings. The smallest absolute Gasteiger partial charge is 0.183 e. The quantitative estimate of drug-likeness (QED) is 0.762. The van der Waals surface area contributed by atoms with Crippen LogP contribution in [-0.2, 0) is 26.2 Å². The van der Waals surface area contributed by atoms with E-state index in [0.717, 1.165) is 6.07 Å². The lowest BCUT2D eigenvalue weighted by Gasteiger charge is -2.20. The fourth-order valence-electron chi connectivity index (χ4n) is 3.02. The molecular formula is C17H19FN2O4S2. The van der Waals surface area contributed by atoms with E-state index in [1.54, 1.807) is 24.4 Å². The van der Waals surface area contributed by atoms with Gasteiger partial charge < -0.3 is 5.32 Å². The number of benzene rings is 1. The van der Waals surface area contributed by atoms with E-state index < -0.39 is 42.5 Å². The summed E-state index contributed by atoms with van der Waals surface area (Å²) in [6, 6.07) is 8.07. The number of rotatable bonds is 5. The lowest BCUT2D eigenvalue weighted by atomic mass is 10.2. The van der Waals surface area contributed by atoms with Crippen molar-refractivity contribution in [3.63, 3.8) is 0 Å². The second-order valence-corrected chi connectivity index (χ2v) is 10.7. The molecule has 2 atom stereocenters. The average molecular weight is 398 g/mol. The van der Waals surface area contributed by atoms with Crippen LogP contribution in [0.1, 0.15) is 11.3 Å². The first kappa shape index (κ1) is 18.9. The Kier molecular flexibility index (Phi) is 5.14. The Labute approximate surface area is 152 Å². The van der Waals surface area contributed by atoms with Crippen LogP contribution < -0.4 is 5.32 Å². The van der Waals surface area contributed by atoms with E-state index in [4.69, 9.17) is 0 Å².